The van der Waals surface area contributed by atoms with Crippen LogP contribution in [0.4, 0.5) is 0 Å². The van der Waals surface area contributed by atoms with Gasteiger partial charge in [0.15, 0.2) is 0 Å². The van der Waals surface area contributed by atoms with E-state index >= 15 is 0 Å². The monoisotopic (exact) mass is 536 g/mol. The Morgan fingerprint density at radius 1 is 0.769 bits per heavy atom. The number of carbonyl (C=O) groups excluding carboxylic acids is 2. The average molecular weight is 537 g/mol. The van der Waals surface area contributed by atoms with Crippen molar-refractivity contribution in [3.05, 3.63) is 35.4 Å². The fourth-order valence-corrected chi connectivity index (χ4v) is 6.38. The van der Waals surface area contributed by atoms with Gasteiger partial charge in [0.1, 0.15) is 6.54 Å². The maximum absolute atomic E-state index is 14.0. The standard InChI is InChI=1S/C33H52N4O2/c1-3-5-22-35(23-6-4-2)24-13-25-36(33(39)29-20-18-28(26-34)19-21-29)27-32(38)37(30-14-9-7-10-15-30)31-16-11-8-12-17-31/h18-21,30-31H,3-17,22-25,27H2,1-2H3. The lowest BCUT2D eigenvalue weighted by molar-refractivity contribution is -0.138. The number of carbonyl (C=O) groups is 2. The molecule has 0 aliphatic heterocycles. The lowest BCUT2D eigenvalue weighted by Crippen LogP contribution is -2.53. The molecule has 2 amide bonds. The topological polar surface area (TPSA) is 67.7 Å². The maximum Gasteiger partial charge on any atom is 0.254 e. The Kier molecular flexibility index (Phi) is 13.8. The summed E-state index contributed by atoms with van der Waals surface area (Å²) in [5, 5.41) is 9.19. The number of nitriles is 1. The number of rotatable bonds is 15. The van der Waals surface area contributed by atoms with E-state index in [9.17, 15) is 14.9 Å². The van der Waals surface area contributed by atoms with E-state index in [4.69, 9.17) is 0 Å². The highest BCUT2D eigenvalue weighted by molar-refractivity contribution is 5.96. The number of hydrogen-bond donors (Lipinski definition) is 0. The first-order valence-corrected chi connectivity index (χ1v) is 15.9. The van der Waals surface area contributed by atoms with Crippen LogP contribution in [0, 0.1) is 11.3 Å². The van der Waals surface area contributed by atoms with Crippen molar-refractivity contribution in [2.24, 2.45) is 0 Å². The van der Waals surface area contributed by atoms with Gasteiger partial charge in [-0.3, -0.25) is 9.59 Å². The van der Waals surface area contributed by atoms with Gasteiger partial charge in [0.05, 0.1) is 11.6 Å². The Bertz CT molecular complexity index is 871. The molecule has 0 atom stereocenters. The first kappa shape index (κ1) is 31.1. The Hall–Kier alpha value is -2.39. The van der Waals surface area contributed by atoms with Gasteiger partial charge in [-0.1, -0.05) is 65.2 Å². The van der Waals surface area contributed by atoms with E-state index < -0.39 is 0 Å². The SMILES string of the molecule is CCCCN(CCCC)CCCN(CC(=O)N(C1CCCCC1)C1CCCCC1)C(=O)c1ccc(C#N)cc1. The van der Waals surface area contributed by atoms with Crippen LogP contribution >= 0.6 is 0 Å². The molecule has 2 aliphatic carbocycles. The minimum Gasteiger partial charge on any atom is -0.335 e. The molecule has 2 saturated carbocycles. The van der Waals surface area contributed by atoms with Crippen LogP contribution in [0.2, 0.25) is 0 Å². The second kappa shape index (κ2) is 17.3. The van der Waals surface area contributed by atoms with E-state index in [0.29, 0.717) is 29.8 Å². The lowest BCUT2D eigenvalue weighted by Gasteiger charge is -2.42. The quantitative estimate of drug-likeness (QED) is 0.248. The minimum atomic E-state index is -0.103. The molecule has 0 radical (unpaired) electrons. The summed E-state index contributed by atoms with van der Waals surface area (Å²) >= 11 is 0. The Morgan fingerprint density at radius 3 is 1.77 bits per heavy atom. The highest BCUT2D eigenvalue weighted by Crippen LogP contribution is 2.30. The smallest absolute Gasteiger partial charge is 0.254 e. The Labute approximate surface area is 237 Å². The second-order valence-electron chi connectivity index (χ2n) is 11.7. The Balaban J connectivity index is 1.75. The van der Waals surface area contributed by atoms with Crippen molar-refractivity contribution in [1.29, 1.82) is 5.26 Å². The van der Waals surface area contributed by atoms with E-state index in [1.165, 1.54) is 64.2 Å². The number of benzene rings is 1. The van der Waals surface area contributed by atoms with E-state index in [2.05, 4.69) is 29.7 Å². The van der Waals surface area contributed by atoms with Crippen molar-refractivity contribution in [2.45, 2.75) is 122 Å². The normalized spacial score (nSPS) is 16.7. The summed E-state index contributed by atoms with van der Waals surface area (Å²) in [6, 6.07) is 9.62. The van der Waals surface area contributed by atoms with Gasteiger partial charge < -0.3 is 14.7 Å². The molecule has 0 N–H and O–H groups in total. The van der Waals surface area contributed by atoms with Crippen LogP contribution in [-0.2, 0) is 4.79 Å². The van der Waals surface area contributed by atoms with E-state index in [1.54, 1.807) is 29.2 Å². The minimum absolute atomic E-state index is 0.103. The highest BCUT2D eigenvalue weighted by atomic mass is 16.2. The molecule has 216 valence electrons. The molecule has 6 nitrogen and oxygen atoms in total. The molecule has 1 aromatic carbocycles. The van der Waals surface area contributed by atoms with Gasteiger partial charge >= 0.3 is 0 Å². The van der Waals surface area contributed by atoms with Crippen LogP contribution in [0.1, 0.15) is 126 Å². The maximum atomic E-state index is 14.0. The molecular weight excluding hydrogens is 484 g/mol. The summed E-state index contributed by atoms with van der Waals surface area (Å²) in [7, 11) is 0. The molecule has 0 unspecified atom stereocenters. The molecule has 0 bridgehead atoms. The van der Waals surface area contributed by atoms with Crippen LogP contribution < -0.4 is 0 Å². The van der Waals surface area contributed by atoms with Crippen molar-refractivity contribution in [2.75, 3.05) is 32.7 Å². The molecule has 0 aromatic heterocycles. The molecule has 3 rings (SSSR count). The molecule has 0 heterocycles. The molecule has 2 fully saturated rings. The zero-order valence-corrected chi connectivity index (χ0v) is 24.7. The molecule has 6 heteroatoms. The largest absolute Gasteiger partial charge is 0.335 e. The molecule has 39 heavy (non-hydrogen) atoms. The van der Waals surface area contributed by atoms with Crippen LogP contribution in [-0.4, -0.2) is 71.3 Å². The molecule has 1 aromatic rings. The van der Waals surface area contributed by atoms with Crippen LogP contribution in [0.5, 0.6) is 0 Å². The third kappa shape index (κ3) is 9.94. The van der Waals surface area contributed by atoms with Gasteiger partial charge in [-0.15, -0.1) is 0 Å². The van der Waals surface area contributed by atoms with Gasteiger partial charge in [-0.2, -0.15) is 5.26 Å². The zero-order valence-electron chi connectivity index (χ0n) is 24.7. The van der Waals surface area contributed by atoms with Crippen LogP contribution in [0.3, 0.4) is 0 Å². The van der Waals surface area contributed by atoms with Gasteiger partial charge in [-0.25, -0.2) is 0 Å². The van der Waals surface area contributed by atoms with Gasteiger partial charge in [0.25, 0.3) is 5.91 Å². The van der Waals surface area contributed by atoms with Crippen molar-refractivity contribution in [1.82, 2.24) is 14.7 Å². The fraction of sp³-hybridized carbons (Fsp3) is 0.727. The third-order valence-corrected chi connectivity index (χ3v) is 8.66. The van der Waals surface area contributed by atoms with Crippen molar-refractivity contribution >= 4 is 11.8 Å². The number of hydrogen-bond acceptors (Lipinski definition) is 4. The van der Waals surface area contributed by atoms with Gasteiger partial charge in [-0.05, 0) is 88.8 Å². The summed E-state index contributed by atoms with van der Waals surface area (Å²) in [5.74, 6) is 0.0263. The average Bonchev–Trinajstić information content (AvgIpc) is 2.98. The lowest BCUT2D eigenvalue weighted by atomic mass is 9.88. The van der Waals surface area contributed by atoms with Gasteiger partial charge in [0, 0.05) is 24.2 Å². The first-order chi connectivity index (χ1) is 19.1. The fourth-order valence-electron chi connectivity index (χ4n) is 6.38. The van der Waals surface area contributed by atoms with Gasteiger partial charge in [0.2, 0.25) is 5.91 Å². The summed E-state index contributed by atoms with van der Waals surface area (Å²) in [6.45, 7) is 8.31. The van der Waals surface area contributed by atoms with E-state index in [-0.39, 0.29) is 18.4 Å². The summed E-state index contributed by atoms with van der Waals surface area (Å²) < 4.78 is 0. The van der Waals surface area contributed by atoms with Crippen LogP contribution in [0.25, 0.3) is 0 Å². The van der Waals surface area contributed by atoms with Crippen molar-refractivity contribution < 1.29 is 9.59 Å². The molecule has 0 saturated heterocycles. The number of nitrogens with zero attached hydrogens (tertiary/aromatic N) is 4. The van der Waals surface area contributed by atoms with E-state index in [0.717, 1.165) is 51.7 Å². The second-order valence-corrected chi connectivity index (χ2v) is 11.7. The van der Waals surface area contributed by atoms with Crippen LogP contribution in [0.15, 0.2) is 24.3 Å². The van der Waals surface area contributed by atoms with E-state index in [1.807, 2.05) is 0 Å². The molecular formula is C33H52N4O2. The number of amides is 2. The molecule has 0 spiro atoms. The summed E-state index contributed by atoms with van der Waals surface area (Å²) in [5.41, 5.74) is 1.09. The molecule has 2 aliphatic rings. The first-order valence-electron chi connectivity index (χ1n) is 15.9. The highest BCUT2D eigenvalue weighted by Gasteiger charge is 2.34. The predicted octanol–water partition coefficient (Wildman–Crippen LogP) is 6.79. The van der Waals surface area contributed by atoms with Crippen molar-refractivity contribution in [3.63, 3.8) is 0 Å². The number of unbranched alkanes of at least 4 members (excludes halogenated alkanes) is 2. The summed E-state index contributed by atoms with van der Waals surface area (Å²) in [6.07, 6.45) is 17.3. The van der Waals surface area contributed by atoms with Crippen molar-refractivity contribution in [3.8, 4) is 6.07 Å². The Morgan fingerprint density at radius 2 is 1.28 bits per heavy atom. The zero-order chi connectivity index (χ0) is 27.9. The predicted molar refractivity (Wildman–Crippen MR) is 159 cm³/mol. The third-order valence-electron chi connectivity index (χ3n) is 8.66. The summed E-state index contributed by atoms with van der Waals surface area (Å²) in [4.78, 5) is 34.3.